The minimum Gasteiger partial charge on any atom is -0.435 e. The number of aliphatic imine (C=N–C) groups is 1. The van der Waals surface area contributed by atoms with Gasteiger partial charge in [0.1, 0.15) is 24.4 Å². The second-order valence-corrected chi connectivity index (χ2v) is 10.8. The van der Waals surface area contributed by atoms with Crippen molar-refractivity contribution in [2.24, 2.45) is 10.9 Å². The molecule has 2 aliphatic heterocycles. The lowest BCUT2D eigenvalue weighted by Crippen LogP contribution is -2.44. The highest BCUT2D eigenvalue weighted by Crippen LogP contribution is 2.36. The van der Waals surface area contributed by atoms with Gasteiger partial charge in [-0.3, -0.25) is 4.90 Å². The Morgan fingerprint density at radius 2 is 1.90 bits per heavy atom. The van der Waals surface area contributed by atoms with Crippen molar-refractivity contribution >= 4 is 11.6 Å². The van der Waals surface area contributed by atoms with Crippen molar-refractivity contribution in [1.29, 1.82) is 5.26 Å². The first-order valence-corrected chi connectivity index (χ1v) is 13.5. The molecule has 218 valence electrons. The Hall–Kier alpha value is -3.69. The number of rotatable bonds is 5. The molecule has 2 aromatic rings. The van der Waals surface area contributed by atoms with Crippen LogP contribution in [0.3, 0.4) is 0 Å². The number of alkyl halides is 3. The van der Waals surface area contributed by atoms with Crippen LogP contribution in [-0.4, -0.2) is 55.6 Å². The number of hydrogen-bond donors (Lipinski definition) is 2. The summed E-state index contributed by atoms with van der Waals surface area (Å²) < 4.78 is 77.9. The minimum atomic E-state index is -4.59. The Kier molecular flexibility index (Phi) is 8.20. The van der Waals surface area contributed by atoms with Crippen LogP contribution < -0.4 is 15.4 Å². The van der Waals surface area contributed by atoms with E-state index in [1.54, 1.807) is 0 Å². The quantitative estimate of drug-likeness (QED) is 0.488. The molecule has 3 aliphatic rings. The molecule has 0 aromatic heterocycles. The number of hydrogen-bond acceptors (Lipinski definition) is 7. The summed E-state index contributed by atoms with van der Waals surface area (Å²) in [5.41, 5.74) is -0.125. The maximum Gasteiger partial charge on any atom is 0.416 e. The second kappa shape index (κ2) is 11.7. The van der Waals surface area contributed by atoms with Gasteiger partial charge in [0.15, 0.2) is 17.1 Å². The topological polar surface area (TPSA) is 75.9 Å². The number of fused-ring (bicyclic) bond motifs is 1. The van der Waals surface area contributed by atoms with E-state index in [2.05, 4.69) is 20.5 Å². The Labute approximate surface area is 235 Å². The summed E-state index contributed by atoms with van der Waals surface area (Å²) in [4.78, 5) is 8.21. The van der Waals surface area contributed by atoms with Gasteiger partial charge in [-0.2, -0.15) is 18.4 Å². The van der Waals surface area contributed by atoms with E-state index in [0.29, 0.717) is 31.5 Å². The van der Waals surface area contributed by atoms with Crippen molar-refractivity contribution in [2.75, 3.05) is 45.2 Å². The summed E-state index contributed by atoms with van der Waals surface area (Å²) in [6, 6.07) is 6.80. The summed E-state index contributed by atoms with van der Waals surface area (Å²) in [7, 11) is 1.98. The van der Waals surface area contributed by atoms with Gasteiger partial charge in [0.25, 0.3) is 0 Å². The van der Waals surface area contributed by atoms with E-state index in [-0.39, 0.29) is 53.2 Å². The third-order valence-corrected chi connectivity index (χ3v) is 7.77. The first-order chi connectivity index (χ1) is 19.5. The van der Waals surface area contributed by atoms with Gasteiger partial charge in [-0.15, -0.1) is 0 Å². The van der Waals surface area contributed by atoms with Crippen molar-refractivity contribution in [3.8, 4) is 11.8 Å². The third kappa shape index (κ3) is 6.31. The molecule has 1 saturated heterocycles. The monoisotopic (exact) mass is 574 g/mol. The zero-order chi connectivity index (χ0) is 29.3. The van der Waals surface area contributed by atoms with Gasteiger partial charge in [-0.25, -0.2) is 13.8 Å². The van der Waals surface area contributed by atoms with E-state index in [1.165, 1.54) is 12.1 Å². The predicted molar refractivity (Wildman–Crippen MR) is 144 cm³/mol. The Morgan fingerprint density at radius 3 is 2.61 bits per heavy atom. The predicted octanol–water partition coefficient (Wildman–Crippen LogP) is 5.04. The number of piperazine rings is 1. The van der Waals surface area contributed by atoms with Gasteiger partial charge in [0.2, 0.25) is 5.90 Å². The van der Waals surface area contributed by atoms with Crippen LogP contribution in [0.5, 0.6) is 5.75 Å². The molecule has 7 nitrogen and oxygen atoms in total. The van der Waals surface area contributed by atoms with E-state index < -0.39 is 29.1 Å². The number of ether oxygens (including phenoxy) is 1. The van der Waals surface area contributed by atoms with Gasteiger partial charge >= 0.3 is 6.18 Å². The maximum atomic E-state index is 15.3. The van der Waals surface area contributed by atoms with Gasteiger partial charge in [-0.1, -0.05) is 13.0 Å². The molecule has 0 bridgehead atoms. The van der Waals surface area contributed by atoms with Gasteiger partial charge in [-0.05, 0) is 61.1 Å². The molecule has 1 aliphatic carbocycles. The van der Waals surface area contributed by atoms with Gasteiger partial charge in [0.05, 0.1) is 5.56 Å². The van der Waals surface area contributed by atoms with Crippen molar-refractivity contribution in [3.05, 3.63) is 69.5 Å². The summed E-state index contributed by atoms with van der Waals surface area (Å²) in [5, 5.41) is 15.5. The molecule has 12 heteroatoms. The average Bonchev–Trinajstić information content (AvgIpc) is 2.93. The number of halogens is 5. The zero-order valence-corrected chi connectivity index (χ0v) is 22.8. The first-order valence-electron chi connectivity index (χ1n) is 13.5. The summed E-state index contributed by atoms with van der Waals surface area (Å²) in [5.74, 6) is -1.72. The van der Waals surface area contributed by atoms with E-state index in [4.69, 9.17) is 4.74 Å². The molecule has 0 radical (unpaired) electrons. The molecule has 0 amide bonds. The molecular formula is C29H31F5N6O. The van der Waals surface area contributed by atoms with Crippen molar-refractivity contribution < 1.29 is 26.7 Å². The smallest absolute Gasteiger partial charge is 0.416 e. The fourth-order valence-corrected chi connectivity index (χ4v) is 5.40. The van der Waals surface area contributed by atoms with Crippen molar-refractivity contribution in [2.45, 2.75) is 38.9 Å². The lowest BCUT2D eigenvalue weighted by molar-refractivity contribution is -0.138. The van der Waals surface area contributed by atoms with E-state index >= 15 is 4.39 Å². The van der Waals surface area contributed by atoms with Crippen LogP contribution in [0.2, 0.25) is 0 Å². The van der Waals surface area contributed by atoms with E-state index in [1.807, 2.05) is 24.9 Å². The normalized spacial score (nSPS) is 20.1. The molecule has 1 atom stereocenters. The van der Waals surface area contributed by atoms with Crippen molar-refractivity contribution in [1.82, 2.24) is 15.1 Å². The number of anilines is 1. The molecular weight excluding hydrogens is 543 g/mol. The highest BCUT2D eigenvalue weighted by atomic mass is 19.4. The molecule has 2 N–H and O–H groups in total. The molecule has 0 saturated carbocycles. The van der Waals surface area contributed by atoms with E-state index in [0.717, 1.165) is 31.6 Å². The lowest BCUT2D eigenvalue weighted by Gasteiger charge is -2.33. The third-order valence-electron chi connectivity index (χ3n) is 7.77. The summed E-state index contributed by atoms with van der Waals surface area (Å²) in [6.07, 6.45) is -3.04. The molecule has 5 rings (SSSR count). The number of nitriles is 1. The van der Waals surface area contributed by atoms with Crippen LogP contribution in [0.4, 0.5) is 27.6 Å². The Bertz CT molecular complexity index is 1420. The number of likely N-dealkylation sites (N-methyl/N-ethyl adjacent to an activating group) is 1. The Morgan fingerprint density at radius 1 is 1.15 bits per heavy atom. The molecule has 1 fully saturated rings. The Balaban J connectivity index is 1.39. The van der Waals surface area contributed by atoms with Crippen LogP contribution in [0, 0.1) is 28.9 Å². The molecule has 2 heterocycles. The standard InChI is InChI=1S/C29H31F5N6O/c1-17-3-6-20-21(11-17)26(31)25(13-24(20)30)41-28-22(14-35)27(36-16-37-28)38-19-5-4-18(23(12-19)29(32,33)34)15-40-9-7-39(2)8-10-40/h4-5,12-13,17,36,38H,3,6-11,15-16H2,1-2H3/t17-/m0/s1. The maximum absolute atomic E-state index is 15.3. The molecule has 41 heavy (non-hydrogen) atoms. The van der Waals surface area contributed by atoms with Crippen LogP contribution in [-0.2, 0) is 25.6 Å². The largest absolute Gasteiger partial charge is 0.435 e. The summed E-state index contributed by atoms with van der Waals surface area (Å²) >= 11 is 0. The highest BCUT2D eigenvalue weighted by molar-refractivity contribution is 6.00. The number of benzene rings is 2. The zero-order valence-electron chi connectivity index (χ0n) is 22.8. The lowest BCUT2D eigenvalue weighted by atomic mass is 9.84. The first kappa shape index (κ1) is 28.8. The van der Waals surface area contributed by atoms with Crippen molar-refractivity contribution in [3.63, 3.8) is 0 Å². The number of nitrogens with zero attached hydrogens (tertiary/aromatic N) is 4. The average molecular weight is 575 g/mol. The summed E-state index contributed by atoms with van der Waals surface area (Å²) in [6.45, 7) is 4.94. The molecule has 0 unspecified atom stereocenters. The van der Waals surface area contributed by atoms with E-state index in [9.17, 15) is 22.8 Å². The molecule has 2 aromatic carbocycles. The SMILES string of the molecule is C[C@H]1CCc2c(F)cc(OC3=NCNC(Nc4ccc(CN5CCN(C)CC5)c(C(F)(F)F)c4)=C3C#N)c(F)c2C1. The van der Waals surface area contributed by atoms with Gasteiger partial charge in [0, 0.05) is 44.5 Å². The fraction of sp³-hybridized carbons (Fsp3) is 0.448. The van der Waals surface area contributed by atoms with Crippen LogP contribution in [0.15, 0.2) is 40.7 Å². The second-order valence-electron chi connectivity index (χ2n) is 10.8. The van der Waals surface area contributed by atoms with Crippen LogP contribution in [0.25, 0.3) is 0 Å². The minimum absolute atomic E-state index is 0.0462. The molecule has 0 spiro atoms. The fourth-order valence-electron chi connectivity index (χ4n) is 5.40. The number of nitrogens with one attached hydrogen (secondary N) is 2. The van der Waals surface area contributed by atoms with Crippen LogP contribution in [0.1, 0.15) is 35.6 Å². The highest BCUT2D eigenvalue weighted by Gasteiger charge is 2.34. The van der Waals surface area contributed by atoms with Crippen LogP contribution >= 0.6 is 0 Å². The van der Waals surface area contributed by atoms with Gasteiger partial charge < -0.3 is 20.3 Å².